The smallest absolute Gasteiger partial charge is 0.231 e. The summed E-state index contributed by atoms with van der Waals surface area (Å²) in [6.07, 6.45) is 0.794. The average molecular weight is 663 g/mol. The van der Waals surface area contributed by atoms with Gasteiger partial charge in [-0.25, -0.2) is 0 Å². The number of methoxy groups -OCH3 is 2. The highest BCUT2D eigenvalue weighted by Crippen LogP contribution is 2.51. The number of nitriles is 3. The van der Waals surface area contributed by atoms with E-state index < -0.39 is 0 Å². The van der Waals surface area contributed by atoms with E-state index in [0.717, 1.165) is 17.4 Å². The molecule has 0 saturated carbocycles. The lowest BCUT2D eigenvalue weighted by atomic mass is 9.83. The molecule has 0 saturated heterocycles. The van der Waals surface area contributed by atoms with Gasteiger partial charge in [-0.05, 0) is 48.0 Å². The van der Waals surface area contributed by atoms with Gasteiger partial charge in [0.25, 0.3) is 0 Å². The van der Waals surface area contributed by atoms with Crippen LogP contribution in [-0.4, -0.2) is 39.2 Å². The summed E-state index contributed by atoms with van der Waals surface area (Å²) in [6.45, 7) is 0.334. The second kappa shape index (κ2) is 17.0. The first-order valence-electron chi connectivity index (χ1n) is 14.4. The average Bonchev–Trinajstić information content (AvgIpc) is 3.83. The predicted molar refractivity (Wildman–Crippen MR) is 173 cm³/mol. The molecule has 13 nitrogen and oxygen atoms in total. The van der Waals surface area contributed by atoms with Crippen LogP contribution in [0.2, 0.25) is 0 Å². The number of rotatable bonds is 4. The molecule has 0 amide bonds. The Labute approximate surface area is 282 Å². The van der Waals surface area contributed by atoms with Crippen molar-refractivity contribution >= 4 is 6.29 Å². The SMILES string of the molecule is COc1cccc(C2C(C#N)=C(N)Oc3c2ccc2c3OCO2)c1.COc1cccc(C=O)c1.N#CCC#N.Oc1cccc2c1OCO2. The number of carbonyl (C=O) groups excluding carboxylic acids is 1. The number of carbonyl (C=O) groups is 1. The lowest BCUT2D eigenvalue weighted by Gasteiger charge is -2.27. The molecule has 0 aromatic heterocycles. The molecule has 3 aliphatic heterocycles. The zero-order valence-electron chi connectivity index (χ0n) is 26.4. The van der Waals surface area contributed by atoms with E-state index in [4.69, 9.17) is 54.5 Å². The number of benzene rings is 4. The van der Waals surface area contributed by atoms with Crippen molar-refractivity contribution in [2.24, 2.45) is 5.73 Å². The Hall–Kier alpha value is -7.04. The molecule has 0 aliphatic carbocycles. The molecule has 0 fully saturated rings. The molecule has 4 aromatic rings. The van der Waals surface area contributed by atoms with Crippen molar-refractivity contribution in [2.45, 2.75) is 12.3 Å². The van der Waals surface area contributed by atoms with E-state index in [1.807, 2.05) is 36.4 Å². The third kappa shape index (κ3) is 8.41. The largest absolute Gasteiger partial charge is 0.504 e. The van der Waals surface area contributed by atoms with Crippen molar-refractivity contribution in [3.05, 3.63) is 107 Å². The number of hydrogen-bond acceptors (Lipinski definition) is 13. The summed E-state index contributed by atoms with van der Waals surface area (Å²) in [7, 11) is 3.18. The van der Waals surface area contributed by atoms with Crippen LogP contribution >= 0.6 is 0 Å². The number of nitrogens with zero attached hydrogens (tertiary/aromatic N) is 3. The molecule has 7 rings (SSSR count). The molecule has 3 heterocycles. The van der Waals surface area contributed by atoms with E-state index in [0.29, 0.717) is 51.4 Å². The van der Waals surface area contributed by atoms with E-state index >= 15 is 0 Å². The third-order valence-corrected chi connectivity index (χ3v) is 6.91. The number of hydrogen-bond donors (Lipinski definition) is 2. The molecule has 0 bridgehead atoms. The Morgan fingerprint density at radius 3 is 2.06 bits per heavy atom. The standard InChI is InChI=1S/C18H14N2O4.C8H8O2.C7H6O3.C3H2N2/c1-21-11-4-2-3-10(7-11)15-12-5-6-14-17(23-9-22-14)16(12)24-18(20)13(15)8-19;1-10-8-4-2-3-7(5-8)6-9;8-5-2-1-3-6-7(5)10-4-9-6;4-2-1-3-5/h2-7,15H,9,20H2,1H3;2-6H,1H3;1-3,8H,4H2;1H2. The maximum atomic E-state index is 10.2. The molecule has 0 spiro atoms. The van der Waals surface area contributed by atoms with E-state index in [2.05, 4.69) is 6.07 Å². The zero-order valence-corrected chi connectivity index (χ0v) is 26.4. The monoisotopic (exact) mass is 662 g/mol. The summed E-state index contributed by atoms with van der Waals surface area (Å²) < 4.78 is 36.7. The summed E-state index contributed by atoms with van der Waals surface area (Å²) in [5.74, 6) is 3.94. The van der Waals surface area contributed by atoms with Crippen LogP contribution in [0.4, 0.5) is 0 Å². The van der Waals surface area contributed by atoms with Gasteiger partial charge < -0.3 is 44.0 Å². The fourth-order valence-corrected chi connectivity index (χ4v) is 4.71. The van der Waals surface area contributed by atoms with Crippen LogP contribution < -0.4 is 38.9 Å². The van der Waals surface area contributed by atoms with E-state index in [1.54, 1.807) is 68.8 Å². The van der Waals surface area contributed by atoms with Gasteiger partial charge in [-0.3, -0.25) is 4.79 Å². The lowest BCUT2D eigenvalue weighted by Crippen LogP contribution is -2.21. The minimum Gasteiger partial charge on any atom is -0.504 e. The van der Waals surface area contributed by atoms with E-state index in [-0.39, 0.29) is 37.6 Å². The summed E-state index contributed by atoms with van der Waals surface area (Å²) in [5, 5.41) is 33.9. The Kier molecular flexibility index (Phi) is 12.1. The van der Waals surface area contributed by atoms with Crippen molar-refractivity contribution < 1.29 is 43.1 Å². The minimum atomic E-state index is -0.358. The van der Waals surface area contributed by atoms with Crippen LogP contribution in [0, 0.1) is 34.0 Å². The van der Waals surface area contributed by atoms with Crippen LogP contribution in [-0.2, 0) is 0 Å². The molecule has 49 heavy (non-hydrogen) atoms. The maximum absolute atomic E-state index is 10.2. The van der Waals surface area contributed by atoms with Crippen molar-refractivity contribution in [2.75, 3.05) is 27.8 Å². The van der Waals surface area contributed by atoms with Gasteiger partial charge in [0.15, 0.2) is 23.0 Å². The molecule has 3 aliphatic rings. The highest BCUT2D eigenvalue weighted by molar-refractivity contribution is 5.75. The quantitative estimate of drug-likeness (QED) is 0.253. The van der Waals surface area contributed by atoms with Gasteiger partial charge in [-0.1, -0.05) is 36.4 Å². The fraction of sp³-hybridized carbons (Fsp3) is 0.167. The second-order valence-corrected chi connectivity index (χ2v) is 9.82. The molecular formula is C36H30N4O9. The Balaban J connectivity index is 0.000000178. The van der Waals surface area contributed by atoms with E-state index in [9.17, 15) is 10.1 Å². The van der Waals surface area contributed by atoms with Gasteiger partial charge in [0, 0.05) is 11.1 Å². The molecule has 0 radical (unpaired) electrons. The van der Waals surface area contributed by atoms with Gasteiger partial charge in [0.1, 0.15) is 35.8 Å². The highest BCUT2D eigenvalue weighted by atomic mass is 16.7. The zero-order chi connectivity index (χ0) is 35.2. The summed E-state index contributed by atoms with van der Waals surface area (Å²) in [6, 6.07) is 28.7. The molecule has 1 atom stereocenters. The molecule has 1 unspecified atom stereocenters. The molecule has 4 aromatic carbocycles. The maximum Gasteiger partial charge on any atom is 0.231 e. The number of phenolic OH excluding ortho intramolecular Hbond substituents is 1. The first kappa shape index (κ1) is 34.8. The third-order valence-electron chi connectivity index (χ3n) is 6.91. The van der Waals surface area contributed by atoms with Gasteiger partial charge in [0.05, 0.1) is 32.3 Å². The molecule has 248 valence electrons. The van der Waals surface area contributed by atoms with E-state index in [1.165, 1.54) is 0 Å². The van der Waals surface area contributed by atoms with Gasteiger partial charge >= 0.3 is 0 Å². The Bertz CT molecular complexity index is 1950. The van der Waals surface area contributed by atoms with Crippen molar-refractivity contribution in [3.8, 4) is 64.2 Å². The second-order valence-electron chi connectivity index (χ2n) is 9.82. The van der Waals surface area contributed by atoms with Crippen molar-refractivity contribution in [3.63, 3.8) is 0 Å². The first-order valence-corrected chi connectivity index (χ1v) is 14.4. The highest BCUT2D eigenvalue weighted by Gasteiger charge is 2.35. The van der Waals surface area contributed by atoms with Gasteiger partial charge in [0.2, 0.25) is 31.0 Å². The number of allylic oxidation sites excluding steroid dienone is 1. The van der Waals surface area contributed by atoms with Crippen LogP contribution in [0.5, 0.6) is 46.0 Å². The minimum absolute atomic E-state index is 0. The molecular weight excluding hydrogens is 632 g/mol. The van der Waals surface area contributed by atoms with Crippen LogP contribution in [0.25, 0.3) is 0 Å². The molecule has 3 N–H and O–H groups in total. The number of fused-ring (bicyclic) bond motifs is 4. The Morgan fingerprint density at radius 2 is 1.45 bits per heavy atom. The first-order chi connectivity index (χ1) is 23.9. The number of para-hydroxylation sites is 1. The molecule has 13 heteroatoms. The number of phenols is 1. The van der Waals surface area contributed by atoms with Crippen LogP contribution in [0.15, 0.2) is 90.3 Å². The van der Waals surface area contributed by atoms with Crippen LogP contribution in [0.1, 0.15) is 33.8 Å². The van der Waals surface area contributed by atoms with Gasteiger partial charge in [-0.15, -0.1) is 0 Å². The number of nitrogens with two attached hydrogens (primary N) is 1. The van der Waals surface area contributed by atoms with Crippen LogP contribution in [0.3, 0.4) is 0 Å². The number of aromatic hydroxyl groups is 1. The summed E-state index contributed by atoms with van der Waals surface area (Å²) >= 11 is 0. The van der Waals surface area contributed by atoms with Crippen molar-refractivity contribution in [1.29, 1.82) is 15.8 Å². The topological polar surface area (TPSA) is 199 Å². The summed E-state index contributed by atoms with van der Waals surface area (Å²) in [5.41, 5.74) is 8.69. The predicted octanol–water partition coefficient (Wildman–Crippen LogP) is 5.69. The fourth-order valence-electron chi connectivity index (χ4n) is 4.71. The lowest BCUT2D eigenvalue weighted by molar-refractivity contribution is 0.112. The number of aldehydes is 1. The summed E-state index contributed by atoms with van der Waals surface area (Å²) in [4.78, 5) is 10.2. The normalized spacial score (nSPS) is 13.7. The number of ether oxygens (including phenoxy) is 7. The van der Waals surface area contributed by atoms with Gasteiger partial charge in [-0.2, -0.15) is 15.8 Å². The Morgan fingerprint density at radius 1 is 0.816 bits per heavy atom. The van der Waals surface area contributed by atoms with Crippen molar-refractivity contribution in [1.82, 2.24) is 0 Å².